The summed E-state index contributed by atoms with van der Waals surface area (Å²) in [6.07, 6.45) is 12.0. The molecular formula is C26H41N3O3. The molecule has 6 nitrogen and oxygen atoms in total. The van der Waals surface area contributed by atoms with Crippen molar-refractivity contribution in [3.63, 3.8) is 0 Å². The van der Waals surface area contributed by atoms with Crippen LogP contribution in [0.3, 0.4) is 0 Å². The van der Waals surface area contributed by atoms with Crippen LogP contribution in [0.1, 0.15) is 79.1 Å². The van der Waals surface area contributed by atoms with Gasteiger partial charge in [-0.25, -0.2) is 0 Å². The number of carbonyl (C=O) groups is 1. The largest absolute Gasteiger partial charge is 0.387 e. The molecule has 32 heavy (non-hydrogen) atoms. The fraction of sp³-hybridized carbons (Fsp3) is 0.885. The Balaban J connectivity index is 1.36. The molecule has 4 fully saturated rings. The Labute approximate surface area is 192 Å². The molecule has 0 radical (unpaired) electrons. The van der Waals surface area contributed by atoms with E-state index < -0.39 is 5.60 Å². The second-order valence-electron chi connectivity index (χ2n) is 12.1. The van der Waals surface area contributed by atoms with Gasteiger partial charge in [0, 0.05) is 12.5 Å². The third-order valence-corrected chi connectivity index (χ3v) is 10.6. The first-order chi connectivity index (χ1) is 15.2. The van der Waals surface area contributed by atoms with Crippen LogP contribution in [0.15, 0.2) is 12.4 Å². The molecule has 9 atom stereocenters. The number of carbonyl (C=O) groups excluding carboxylic acids is 1. The van der Waals surface area contributed by atoms with Crippen molar-refractivity contribution in [2.75, 3.05) is 6.61 Å². The summed E-state index contributed by atoms with van der Waals surface area (Å²) in [4.78, 5) is 14.8. The first-order valence-electron chi connectivity index (χ1n) is 12.9. The standard InChI is InChI=1S/C26H41N3O3/c1-5-32-23-15-25(3)17(14-26(23,4)31)6-7-18-19-8-9-21(24(19,2)11-10-20(18)25)22(30)16-29-27-12-13-28-29/h12-13,17-21,23,31H,5-11,14-16H2,1-4H3/t17-,18-,19-,20-,21+,23-,24-,25-,26+/m0/s1. The first kappa shape index (κ1) is 22.5. The number of Topliss-reactive ketones (excluding diaryl/α,β-unsaturated/α-hetero) is 1. The molecule has 1 aromatic rings. The minimum atomic E-state index is -0.721. The van der Waals surface area contributed by atoms with Crippen molar-refractivity contribution in [2.45, 2.75) is 97.3 Å². The van der Waals surface area contributed by atoms with Gasteiger partial charge in [0.2, 0.25) is 0 Å². The Hall–Kier alpha value is -1.27. The van der Waals surface area contributed by atoms with Crippen LogP contribution < -0.4 is 0 Å². The molecule has 0 amide bonds. The van der Waals surface area contributed by atoms with Gasteiger partial charge in [-0.3, -0.25) is 4.79 Å². The van der Waals surface area contributed by atoms with Crippen molar-refractivity contribution in [3.8, 4) is 0 Å². The number of hydrogen-bond donors (Lipinski definition) is 1. The summed E-state index contributed by atoms with van der Waals surface area (Å²) in [6.45, 7) is 9.89. The summed E-state index contributed by atoms with van der Waals surface area (Å²) in [5.74, 6) is 3.03. The van der Waals surface area contributed by atoms with Gasteiger partial charge in [-0.1, -0.05) is 13.8 Å². The van der Waals surface area contributed by atoms with Crippen LogP contribution in [0.4, 0.5) is 0 Å². The Bertz CT molecular complexity index is 839. The molecule has 4 aliphatic carbocycles. The van der Waals surface area contributed by atoms with Gasteiger partial charge in [0.05, 0.1) is 24.1 Å². The molecule has 0 aromatic carbocycles. The maximum absolute atomic E-state index is 13.3. The van der Waals surface area contributed by atoms with E-state index in [0.29, 0.717) is 42.6 Å². The van der Waals surface area contributed by atoms with Crippen LogP contribution in [-0.4, -0.2) is 44.2 Å². The molecular weight excluding hydrogens is 402 g/mol. The molecule has 0 aliphatic heterocycles. The highest BCUT2D eigenvalue weighted by Gasteiger charge is 2.63. The monoisotopic (exact) mass is 443 g/mol. The van der Waals surface area contributed by atoms with Crippen LogP contribution in [0.2, 0.25) is 0 Å². The Kier molecular flexibility index (Phi) is 5.56. The number of fused-ring (bicyclic) bond motifs is 5. The van der Waals surface area contributed by atoms with E-state index in [4.69, 9.17) is 4.74 Å². The van der Waals surface area contributed by atoms with Crippen molar-refractivity contribution in [2.24, 2.45) is 40.4 Å². The molecule has 1 N–H and O–H groups in total. The lowest BCUT2D eigenvalue weighted by atomic mass is 9.43. The number of rotatable bonds is 5. The highest BCUT2D eigenvalue weighted by atomic mass is 16.5. The normalized spacial score (nSPS) is 48.0. The maximum Gasteiger partial charge on any atom is 0.159 e. The zero-order valence-corrected chi connectivity index (χ0v) is 20.3. The molecule has 0 saturated heterocycles. The van der Waals surface area contributed by atoms with Crippen LogP contribution in [0, 0.1) is 40.4 Å². The fourth-order valence-corrected chi connectivity index (χ4v) is 8.98. The van der Waals surface area contributed by atoms with Gasteiger partial charge >= 0.3 is 0 Å². The van der Waals surface area contributed by atoms with Gasteiger partial charge in [0.15, 0.2) is 5.78 Å². The Morgan fingerprint density at radius 1 is 1.03 bits per heavy atom. The number of hydrogen-bond acceptors (Lipinski definition) is 5. The Morgan fingerprint density at radius 2 is 1.75 bits per heavy atom. The molecule has 6 heteroatoms. The average molecular weight is 444 g/mol. The zero-order chi connectivity index (χ0) is 22.7. The summed E-state index contributed by atoms with van der Waals surface area (Å²) in [5, 5.41) is 19.5. The van der Waals surface area contributed by atoms with Gasteiger partial charge in [0.25, 0.3) is 0 Å². The highest BCUT2D eigenvalue weighted by Crippen LogP contribution is 2.68. The summed E-state index contributed by atoms with van der Waals surface area (Å²) in [6, 6.07) is 0. The van der Waals surface area contributed by atoms with Crippen molar-refractivity contribution < 1.29 is 14.6 Å². The molecule has 1 aromatic heterocycles. The summed E-state index contributed by atoms with van der Waals surface area (Å²) in [7, 11) is 0. The van der Waals surface area contributed by atoms with Crippen molar-refractivity contribution in [1.29, 1.82) is 0 Å². The number of ketones is 1. The van der Waals surface area contributed by atoms with Crippen LogP contribution in [0.5, 0.6) is 0 Å². The highest BCUT2D eigenvalue weighted by molar-refractivity contribution is 5.82. The molecule has 5 rings (SSSR count). The average Bonchev–Trinajstić information content (AvgIpc) is 3.36. The van der Waals surface area contributed by atoms with Crippen LogP contribution in [0.25, 0.3) is 0 Å². The molecule has 4 saturated carbocycles. The SMILES string of the molecule is CCO[C@H]1C[C@@]2(C)[C@@H](CC[C@@H]3[C@@H]2CC[C@]2(C)[C@@H](C(=O)Cn4nccn4)CC[C@@H]32)C[C@@]1(C)O. The zero-order valence-electron chi connectivity index (χ0n) is 20.3. The second-order valence-corrected chi connectivity index (χ2v) is 12.1. The predicted molar refractivity (Wildman–Crippen MR) is 122 cm³/mol. The molecule has 0 bridgehead atoms. The van der Waals surface area contributed by atoms with Gasteiger partial charge in [0.1, 0.15) is 6.54 Å². The number of ether oxygens (including phenoxy) is 1. The van der Waals surface area contributed by atoms with Gasteiger partial charge < -0.3 is 9.84 Å². The van der Waals surface area contributed by atoms with E-state index in [1.165, 1.54) is 25.7 Å². The number of nitrogens with zero attached hydrogens (tertiary/aromatic N) is 3. The van der Waals surface area contributed by atoms with E-state index >= 15 is 0 Å². The van der Waals surface area contributed by atoms with E-state index in [1.54, 1.807) is 17.2 Å². The maximum atomic E-state index is 13.3. The number of aliphatic hydroxyl groups is 1. The summed E-state index contributed by atoms with van der Waals surface area (Å²) >= 11 is 0. The molecule has 178 valence electrons. The second kappa shape index (κ2) is 7.90. The third kappa shape index (κ3) is 3.39. The van der Waals surface area contributed by atoms with Gasteiger partial charge in [-0.05, 0) is 99.7 Å². The van der Waals surface area contributed by atoms with Gasteiger partial charge in [-0.2, -0.15) is 15.0 Å². The molecule has 0 spiro atoms. The minimum absolute atomic E-state index is 0.0692. The fourth-order valence-electron chi connectivity index (χ4n) is 8.98. The van der Waals surface area contributed by atoms with Crippen molar-refractivity contribution in [3.05, 3.63) is 12.4 Å². The number of aromatic nitrogens is 3. The van der Waals surface area contributed by atoms with E-state index in [-0.39, 0.29) is 22.9 Å². The van der Waals surface area contributed by atoms with E-state index in [1.807, 2.05) is 13.8 Å². The van der Waals surface area contributed by atoms with E-state index in [9.17, 15) is 9.90 Å². The van der Waals surface area contributed by atoms with E-state index in [2.05, 4.69) is 24.0 Å². The molecule has 0 unspecified atom stereocenters. The van der Waals surface area contributed by atoms with Crippen LogP contribution in [-0.2, 0) is 16.1 Å². The quantitative estimate of drug-likeness (QED) is 0.735. The minimum Gasteiger partial charge on any atom is -0.387 e. The van der Waals surface area contributed by atoms with Crippen LogP contribution >= 0.6 is 0 Å². The lowest BCUT2D eigenvalue weighted by molar-refractivity contribution is -0.203. The summed E-state index contributed by atoms with van der Waals surface area (Å²) < 4.78 is 6.09. The molecule has 1 heterocycles. The van der Waals surface area contributed by atoms with Crippen molar-refractivity contribution in [1.82, 2.24) is 15.0 Å². The van der Waals surface area contributed by atoms with Crippen molar-refractivity contribution >= 4 is 5.78 Å². The predicted octanol–water partition coefficient (Wildman–Crippen LogP) is 4.27. The Morgan fingerprint density at radius 3 is 2.47 bits per heavy atom. The topological polar surface area (TPSA) is 77.2 Å². The first-order valence-corrected chi connectivity index (χ1v) is 12.9. The third-order valence-electron chi connectivity index (χ3n) is 10.6. The lowest BCUT2D eigenvalue weighted by Crippen LogP contribution is -2.60. The summed E-state index contributed by atoms with van der Waals surface area (Å²) in [5.41, 5.74) is -0.386. The van der Waals surface area contributed by atoms with E-state index in [0.717, 1.165) is 25.7 Å². The lowest BCUT2D eigenvalue weighted by Gasteiger charge is -2.63. The smallest absolute Gasteiger partial charge is 0.159 e. The van der Waals surface area contributed by atoms with Gasteiger partial charge in [-0.15, -0.1) is 0 Å². The molecule has 4 aliphatic rings.